The van der Waals surface area contributed by atoms with E-state index in [0.717, 1.165) is 5.56 Å². The number of hydrogen-bond donors (Lipinski definition) is 1. The molecule has 1 aromatic heterocycles. The lowest BCUT2D eigenvalue weighted by Crippen LogP contribution is -2.31. The predicted octanol–water partition coefficient (Wildman–Crippen LogP) is 2.94. The Morgan fingerprint density at radius 3 is 2.40 bits per heavy atom. The van der Waals surface area contributed by atoms with Gasteiger partial charge in [0.15, 0.2) is 0 Å². The maximum absolute atomic E-state index is 14.3. The van der Waals surface area contributed by atoms with Gasteiger partial charge >= 0.3 is 0 Å². The molecule has 1 atom stereocenters. The van der Waals surface area contributed by atoms with Crippen LogP contribution in [0.3, 0.4) is 0 Å². The maximum atomic E-state index is 14.3. The van der Waals surface area contributed by atoms with E-state index in [1.807, 2.05) is 6.92 Å². The number of rotatable bonds is 5. The summed E-state index contributed by atoms with van der Waals surface area (Å²) in [6, 6.07) is 11.6. The van der Waals surface area contributed by atoms with Crippen molar-refractivity contribution in [3.8, 4) is 0 Å². The topological polar surface area (TPSA) is 64.0 Å². The van der Waals surface area contributed by atoms with Gasteiger partial charge in [0.1, 0.15) is 17.7 Å². The summed E-state index contributed by atoms with van der Waals surface area (Å²) in [5.74, 6) is -0.0945. The van der Waals surface area contributed by atoms with E-state index in [1.165, 1.54) is 18.2 Å². The molecule has 0 radical (unpaired) electrons. The van der Waals surface area contributed by atoms with Crippen molar-refractivity contribution in [2.45, 2.75) is 17.9 Å². The second kappa shape index (κ2) is 6.78. The number of hydrogen-bond acceptors (Lipinski definition) is 3. The van der Waals surface area contributed by atoms with Gasteiger partial charge in [-0.2, -0.15) is 4.72 Å². The Morgan fingerprint density at radius 2 is 1.80 bits per heavy atom. The van der Waals surface area contributed by atoms with Gasteiger partial charge in [0, 0.05) is 25.0 Å². The molecule has 7 heteroatoms. The third-order valence-corrected chi connectivity index (χ3v) is 5.38. The zero-order chi connectivity index (χ0) is 18.0. The zero-order valence-electron chi connectivity index (χ0n) is 13.8. The van der Waals surface area contributed by atoms with E-state index in [1.54, 1.807) is 54.3 Å². The van der Waals surface area contributed by atoms with Crippen LogP contribution in [0.5, 0.6) is 0 Å². The van der Waals surface area contributed by atoms with Gasteiger partial charge in [-0.25, -0.2) is 17.8 Å². The minimum atomic E-state index is -3.85. The summed E-state index contributed by atoms with van der Waals surface area (Å²) in [7, 11) is -2.12. The highest BCUT2D eigenvalue weighted by Gasteiger charge is 2.27. The van der Waals surface area contributed by atoms with Crippen molar-refractivity contribution in [1.29, 1.82) is 0 Å². The SMILES string of the molecule is Cc1ccc(S(=O)(=O)N[C@@H](c2ccccc2F)c2nccn2C)cc1. The van der Waals surface area contributed by atoms with Crippen LogP contribution in [0.15, 0.2) is 65.8 Å². The summed E-state index contributed by atoms with van der Waals surface area (Å²) in [6.45, 7) is 1.87. The first kappa shape index (κ1) is 17.3. The first-order valence-electron chi connectivity index (χ1n) is 7.69. The number of benzene rings is 2. The molecular formula is C18H18FN3O2S. The number of halogens is 1. The van der Waals surface area contributed by atoms with E-state index in [4.69, 9.17) is 0 Å². The standard InChI is InChI=1S/C18H18FN3O2S/c1-13-7-9-14(10-8-13)25(23,24)21-17(18-20-11-12-22(18)2)15-5-3-4-6-16(15)19/h3-12,17,21H,1-2H3/t17-/m0/s1. The van der Waals surface area contributed by atoms with Crippen LogP contribution in [-0.2, 0) is 17.1 Å². The van der Waals surface area contributed by atoms with Crippen molar-refractivity contribution in [1.82, 2.24) is 14.3 Å². The third kappa shape index (κ3) is 3.62. The van der Waals surface area contributed by atoms with E-state index in [2.05, 4.69) is 9.71 Å². The average molecular weight is 359 g/mol. The number of sulfonamides is 1. The quantitative estimate of drug-likeness (QED) is 0.762. The molecule has 0 saturated heterocycles. The number of imidazole rings is 1. The molecule has 0 amide bonds. The summed E-state index contributed by atoms with van der Waals surface area (Å²) in [4.78, 5) is 4.31. The first-order valence-corrected chi connectivity index (χ1v) is 9.17. The molecular weight excluding hydrogens is 341 g/mol. The Hall–Kier alpha value is -2.51. The van der Waals surface area contributed by atoms with Crippen molar-refractivity contribution < 1.29 is 12.8 Å². The zero-order valence-corrected chi connectivity index (χ0v) is 14.7. The highest BCUT2D eigenvalue weighted by Crippen LogP contribution is 2.25. The molecule has 3 rings (SSSR count). The van der Waals surface area contributed by atoms with Crippen molar-refractivity contribution in [3.63, 3.8) is 0 Å². The molecule has 0 aliphatic heterocycles. The first-order chi connectivity index (χ1) is 11.9. The Labute approximate surface area is 146 Å². The van der Waals surface area contributed by atoms with Gasteiger partial charge in [-0.3, -0.25) is 0 Å². The predicted molar refractivity (Wildman–Crippen MR) is 93.0 cm³/mol. The second-order valence-electron chi connectivity index (χ2n) is 5.79. The average Bonchev–Trinajstić information content (AvgIpc) is 3.00. The summed E-state index contributed by atoms with van der Waals surface area (Å²) in [5, 5.41) is 0. The van der Waals surface area contributed by atoms with Crippen LogP contribution in [0.2, 0.25) is 0 Å². The Bertz CT molecular complexity index is 982. The smallest absolute Gasteiger partial charge is 0.241 e. The number of nitrogens with one attached hydrogen (secondary N) is 1. The Kier molecular flexibility index (Phi) is 4.69. The lowest BCUT2D eigenvalue weighted by molar-refractivity contribution is 0.545. The van der Waals surface area contributed by atoms with E-state index < -0.39 is 21.9 Å². The molecule has 0 aliphatic rings. The summed E-state index contributed by atoms with van der Waals surface area (Å²) >= 11 is 0. The van der Waals surface area contributed by atoms with Crippen molar-refractivity contribution in [3.05, 3.63) is 83.7 Å². The van der Waals surface area contributed by atoms with Gasteiger partial charge in [-0.1, -0.05) is 35.9 Å². The molecule has 2 aromatic carbocycles. The molecule has 0 fully saturated rings. The number of aromatic nitrogens is 2. The molecule has 25 heavy (non-hydrogen) atoms. The van der Waals surface area contributed by atoms with Gasteiger partial charge in [0.25, 0.3) is 0 Å². The van der Waals surface area contributed by atoms with Gasteiger partial charge in [-0.15, -0.1) is 0 Å². The highest BCUT2D eigenvalue weighted by molar-refractivity contribution is 7.89. The van der Waals surface area contributed by atoms with Gasteiger partial charge in [0.05, 0.1) is 4.90 Å². The van der Waals surface area contributed by atoms with Crippen LogP contribution in [0, 0.1) is 12.7 Å². The Balaban J connectivity index is 2.06. The summed E-state index contributed by atoms with van der Waals surface area (Å²) < 4.78 is 44.1. The van der Waals surface area contributed by atoms with Crippen LogP contribution in [0.1, 0.15) is 23.0 Å². The molecule has 0 bridgehead atoms. The molecule has 0 spiro atoms. The minimum absolute atomic E-state index is 0.119. The highest BCUT2D eigenvalue weighted by atomic mass is 32.2. The van der Waals surface area contributed by atoms with Gasteiger partial charge < -0.3 is 4.57 Å². The van der Waals surface area contributed by atoms with E-state index in [9.17, 15) is 12.8 Å². The normalized spacial score (nSPS) is 12.9. The molecule has 0 saturated carbocycles. The molecule has 1 heterocycles. The Morgan fingerprint density at radius 1 is 1.12 bits per heavy atom. The minimum Gasteiger partial charge on any atom is -0.336 e. The van der Waals surface area contributed by atoms with Crippen LogP contribution >= 0.6 is 0 Å². The van der Waals surface area contributed by atoms with Crippen molar-refractivity contribution in [2.75, 3.05) is 0 Å². The fraction of sp³-hybridized carbons (Fsp3) is 0.167. The summed E-state index contributed by atoms with van der Waals surface area (Å²) in [6.07, 6.45) is 3.23. The monoisotopic (exact) mass is 359 g/mol. The third-order valence-electron chi connectivity index (χ3n) is 3.94. The maximum Gasteiger partial charge on any atom is 0.241 e. The number of nitrogens with zero attached hydrogens (tertiary/aromatic N) is 2. The number of aryl methyl sites for hydroxylation is 2. The van der Waals surface area contributed by atoms with Crippen LogP contribution in [0.4, 0.5) is 4.39 Å². The summed E-state index contributed by atoms with van der Waals surface area (Å²) in [5.41, 5.74) is 1.17. The van der Waals surface area contributed by atoms with E-state index in [-0.39, 0.29) is 10.5 Å². The molecule has 0 aliphatic carbocycles. The van der Waals surface area contributed by atoms with Crippen LogP contribution < -0.4 is 4.72 Å². The van der Waals surface area contributed by atoms with Crippen LogP contribution in [-0.4, -0.2) is 18.0 Å². The van der Waals surface area contributed by atoms with Gasteiger partial charge in [0.2, 0.25) is 10.0 Å². The lowest BCUT2D eigenvalue weighted by Gasteiger charge is -2.19. The lowest BCUT2D eigenvalue weighted by atomic mass is 10.1. The fourth-order valence-corrected chi connectivity index (χ4v) is 3.73. The second-order valence-corrected chi connectivity index (χ2v) is 7.50. The van der Waals surface area contributed by atoms with E-state index in [0.29, 0.717) is 5.82 Å². The molecule has 5 nitrogen and oxygen atoms in total. The fourth-order valence-electron chi connectivity index (χ4n) is 2.56. The van der Waals surface area contributed by atoms with Crippen molar-refractivity contribution in [2.24, 2.45) is 7.05 Å². The van der Waals surface area contributed by atoms with Gasteiger partial charge in [-0.05, 0) is 25.1 Å². The molecule has 3 aromatic rings. The molecule has 0 unspecified atom stereocenters. The molecule has 1 N–H and O–H groups in total. The van der Waals surface area contributed by atoms with Crippen LogP contribution in [0.25, 0.3) is 0 Å². The van der Waals surface area contributed by atoms with E-state index >= 15 is 0 Å². The van der Waals surface area contributed by atoms with Crippen molar-refractivity contribution >= 4 is 10.0 Å². The largest absolute Gasteiger partial charge is 0.336 e. The molecule has 130 valence electrons.